The second kappa shape index (κ2) is 4.94. The number of ether oxygens (including phenoxy) is 2. The highest BCUT2D eigenvalue weighted by Crippen LogP contribution is 2.43. The number of carbonyl (C=O) groups is 1. The molecule has 4 nitrogen and oxygen atoms in total. The van der Waals surface area contributed by atoms with Crippen LogP contribution in [0.5, 0.6) is 0 Å². The van der Waals surface area contributed by atoms with Crippen LogP contribution in [0.4, 0.5) is 0 Å². The van der Waals surface area contributed by atoms with Crippen molar-refractivity contribution >= 4 is 5.97 Å². The number of carboxylic acid groups (broad SMARTS) is 1. The van der Waals surface area contributed by atoms with Crippen molar-refractivity contribution < 1.29 is 19.4 Å². The minimum absolute atomic E-state index is 0.0763. The zero-order valence-electron chi connectivity index (χ0n) is 9.66. The predicted molar refractivity (Wildman–Crippen MR) is 55.8 cm³/mol. The van der Waals surface area contributed by atoms with Gasteiger partial charge >= 0.3 is 5.97 Å². The molecule has 1 aliphatic rings. The van der Waals surface area contributed by atoms with E-state index in [1.54, 1.807) is 7.11 Å². The first-order valence-corrected chi connectivity index (χ1v) is 5.39. The van der Waals surface area contributed by atoms with E-state index in [4.69, 9.17) is 9.47 Å². The molecule has 0 amide bonds. The Morgan fingerprint density at radius 3 is 2.80 bits per heavy atom. The average molecular weight is 216 g/mol. The van der Waals surface area contributed by atoms with Crippen LogP contribution in [0.15, 0.2) is 0 Å². The lowest BCUT2D eigenvalue weighted by atomic mass is 9.70. The number of aliphatic carboxylic acids is 1. The molecule has 3 unspecified atom stereocenters. The smallest absolute Gasteiger partial charge is 0.312 e. The zero-order chi connectivity index (χ0) is 11.5. The number of rotatable bonds is 5. The van der Waals surface area contributed by atoms with Crippen LogP contribution in [-0.2, 0) is 14.3 Å². The van der Waals surface area contributed by atoms with E-state index in [1.165, 1.54) is 0 Å². The third kappa shape index (κ3) is 2.16. The highest BCUT2D eigenvalue weighted by Gasteiger charge is 2.51. The van der Waals surface area contributed by atoms with Gasteiger partial charge in [-0.1, -0.05) is 6.92 Å². The van der Waals surface area contributed by atoms with Gasteiger partial charge in [-0.25, -0.2) is 0 Å². The molecule has 4 heteroatoms. The molecule has 15 heavy (non-hydrogen) atoms. The van der Waals surface area contributed by atoms with Crippen LogP contribution in [0, 0.1) is 11.3 Å². The maximum atomic E-state index is 11.4. The van der Waals surface area contributed by atoms with Crippen LogP contribution in [0.3, 0.4) is 0 Å². The lowest BCUT2D eigenvalue weighted by molar-refractivity contribution is -0.156. The van der Waals surface area contributed by atoms with Gasteiger partial charge in [0, 0.05) is 20.3 Å². The molecule has 3 atom stereocenters. The zero-order valence-corrected chi connectivity index (χ0v) is 9.66. The molecule has 0 aromatic carbocycles. The molecule has 1 N–H and O–H groups in total. The third-order valence-corrected chi connectivity index (χ3v) is 3.64. The van der Waals surface area contributed by atoms with E-state index >= 15 is 0 Å². The first kappa shape index (κ1) is 12.5. The van der Waals surface area contributed by atoms with Crippen molar-refractivity contribution in [3.8, 4) is 0 Å². The highest BCUT2D eigenvalue weighted by atomic mass is 16.5. The minimum Gasteiger partial charge on any atom is -0.481 e. The van der Waals surface area contributed by atoms with Crippen LogP contribution >= 0.6 is 0 Å². The summed E-state index contributed by atoms with van der Waals surface area (Å²) >= 11 is 0. The molecular formula is C11H20O4. The van der Waals surface area contributed by atoms with E-state index in [2.05, 4.69) is 0 Å². The monoisotopic (exact) mass is 216 g/mol. The van der Waals surface area contributed by atoms with Crippen LogP contribution in [0.1, 0.15) is 26.7 Å². The summed E-state index contributed by atoms with van der Waals surface area (Å²) in [5.74, 6) is -0.663. The Labute approximate surface area is 90.6 Å². The molecule has 1 rings (SSSR count). The SMILES string of the molecule is COCCC(C)C1(C(=O)O)CCOC1C. The molecule has 0 bridgehead atoms. The minimum atomic E-state index is -0.740. The standard InChI is InChI=1S/C11H20O4/c1-8(4-6-14-3)11(10(12)13)5-7-15-9(11)2/h8-9H,4-7H2,1-3H3,(H,12,13). The summed E-state index contributed by atoms with van der Waals surface area (Å²) in [5.41, 5.74) is -0.724. The van der Waals surface area contributed by atoms with Crippen molar-refractivity contribution in [2.75, 3.05) is 20.3 Å². The van der Waals surface area contributed by atoms with Gasteiger partial charge in [0.05, 0.1) is 11.5 Å². The van der Waals surface area contributed by atoms with Crippen molar-refractivity contribution in [2.45, 2.75) is 32.8 Å². The van der Waals surface area contributed by atoms with E-state index in [9.17, 15) is 9.90 Å². The molecule has 0 aliphatic carbocycles. The third-order valence-electron chi connectivity index (χ3n) is 3.64. The predicted octanol–water partition coefficient (Wildman–Crippen LogP) is 1.54. The molecule has 0 radical (unpaired) electrons. The molecule has 1 fully saturated rings. The molecular weight excluding hydrogens is 196 g/mol. The second-order valence-corrected chi connectivity index (χ2v) is 4.29. The first-order valence-electron chi connectivity index (χ1n) is 5.39. The van der Waals surface area contributed by atoms with Gasteiger partial charge in [-0.15, -0.1) is 0 Å². The van der Waals surface area contributed by atoms with E-state index in [-0.39, 0.29) is 12.0 Å². The summed E-state index contributed by atoms with van der Waals surface area (Å²) in [6, 6.07) is 0. The summed E-state index contributed by atoms with van der Waals surface area (Å²) in [5, 5.41) is 9.38. The van der Waals surface area contributed by atoms with Gasteiger partial charge in [0.15, 0.2) is 0 Å². The molecule has 0 spiro atoms. The lowest BCUT2D eigenvalue weighted by Crippen LogP contribution is -2.43. The van der Waals surface area contributed by atoms with Gasteiger partial charge in [-0.2, -0.15) is 0 Å². The highest BCUT2D eigenvalue weighted by molar-refractivity contribution is 5.76. The number of carboxylic acids is 1. The van der Waals surface area contributed by atoms with Crippen molar-refractivity contribution in [3.63, 3.8) is 0 Å². The normalized spacial score (nSPS) is 32.9. The molecule has 88 valence electrons. The van der Waals surface area contributed by atoms with E-state index in [1.807, 2.05) is 13.8 Å². The topological polar surface area (TPSA) is 55.8 Å². The molecule has 0 aromatic rings. The Kier molecular flexibility index (Phi) is 4.11. The second-order valence-electron chi connectivity index (χ2n) is 4.29. The lowest BCUT2D eigenvalue weighted by Gasteiger charge is -2.33. The van der Waals surface area contributed by atoms with Gasteiger partial charge in [-0.05, 0) is 25.7 Å². The summed E-state index contributed by atoms with van der Waals surface area (Å²) in [4.78, 5) is 11.4. The largest absolute Gasteiger partial charge is 0.481 e. The van der Waals surface area contributed by atoms with Crippen LogP contribution in [0.2, 0.25) is 0 Å². The Morgan fingerprint density at radius 1 is 1.73 bits per heavy atom. The van der Waals surface area contributed by atoms with Crippen molar-refractivity contribution in [3.05, 3.63) is 0 Å². The Hall–Kier alpha value is -0.610. The van der Waals surface area contributed by atoms with Crippen molar-refractivity contribution in [2.24, 2.45) is 11.3 Å². The maximum absolute atomic E-state index is 11.4. The van der Waals surface area contributed by atoms with Crippen molar-refractivity contribution in [1.29, 1.82) is 0 Å². The summed E-state index contributed by atoms with van der Waals surface area (Å²) < 4.78 is 10.4. The maximum Gasteiger partial charge on any atom is 0.312 e. The fourth-order valence-corrected chi connectivity index (χ4v) is 2.45. The first-order chi connectivity index (χ1) is 7.05. The van der Waals surface area contributed by atoms with E-state index < -0.39 is 11.4 Å². The molecule has 1 heterocycles. The van der Waals surface area contributed by atoms with Crippen LogP contribution < -0.4 is 0 Å². The average Bonchev–Trinajstić information content (AvgIpc) is 2.57. The Balaban J connectivity index is 2.77. The molecule has 1 aliphatic heterocycles. The summed E-state index contributed by atoms with van der Waals surface area (Å²) in [6.07, 6.45) is 1.16. The van der Waals surface area contributed by atoms with E-state index in [0.29, 0.717) is 19.6 Å². The van der Waals surface area contributed by atoms with Crippen LogP contribution in [0.25, 0.3) is 0 Å². The summed E-state index contributed by atoms with van der Waals surface area (Å²) in [6.45, 7) is 4.97. The fraction of sp³-hybridized carbons (Fsp3) is 0.909. The Bertz CT molecular complexity index is 229. The molecule has 0 saturated carbocycles. The quantitative estimate of drug-likeness (QED) is 0.757. The van der Waals surface area contributed by atoms with Gasteiger partial charge in [-0.3, -0.25) is 4.79 Å². The summed E-state index contributed by atoms with van der Waals surface area (Å²) in [7, 11) is 1.63. The molecule has 1 saturated heterocycles. The number of methoxy groups -OCH3 is 1. The number of hydrogen-bond donors (Lipinski definition) is 1. The number of hydrogen-bond acceptors (Lipinski definition) is 3. The van der Waals surface area contributed by atoms with Gasteiger partial charge < -0.3 is 14.6 Å². The molecule has 0 aromatic heterocycles. The van der Waals surface area contributed by atoms with E-state index in [0.717, 1.165) is 6.42 Å². The Morgan fingerprint density at radius 2 is 2.40 bits per heavy atom. The van der Waals surface area contributed by atoms with Crippen LogP contribution in [-0.4, -0.2) is 37.5 Å². The van der Waals surface area contributed by atoms with Gasteiger partial charge in [0.1, 0.15) is 0 Å². The fourth-order valence-electron chi connectivity index (χ4n) is 2.45. The van der Waals surface area contributed by atoms with Gasteiger partial charge in [0.2, 0.25) is 0 Å². The van der Waals surface area contributed by atoms with Crippen molar-refractivity contribution in [1.82, 2.24) is 0 Å². The van der Waals surface area contributed by atoms with Gasteiger partial charge in [0.25, 0.3) is 0 Å².